The average molecular weight is 275 g/mol. The van der Waals surface area contributed by atoms with Gasteiger partial charge in [-0.2, -0.15) is 5.26 Å². The number of H-pyrrole nitrogens is 1. The molecule has 4 aromatic rings. The standard InChI is InChI=1S/C15H9N5O/c16-8-9-4-5-11-10(7-9)13(15(21)17-11)14-18-12-3-1-2-6-20(12)19-14/h1-7,17,21H. The molecule has 3 heterocycles. The molecule has 3 aromatic heterocycles. The highest BCUT2D eigenvalue weighted by Gasteiger charge is 2.17. The van der Waals surface area contributed by atoms with Crippen molar-refractivity contribution in [2.75, 3.05) is 0 Å². The monoisotopic (exact) mass is 275 g/mol. The summed E-state index contributed by atoms with van der Waals surface area (Å²) in [6, 6.07) is 12.8. The molecular formula is C15H9N5O. The van der Waals surface area contributed by atoms with Crippen molar-refractivity contribution in [1.82, 2.24) is 19.6 Å². The van der Waals surface area contributed by atoms with Crippen LogP contribution in [-0.2, 0) is 0 Å². The largest absolute Gasteiger partial charge is 0.494 e. The Bertz CT molecular complexity index is 989. The van der Waals surface area contributed by atoms with Gasteiger partial charge in [0.05, 0.1) is 17.2 Å². The van der Waals surface area contributed by atoms with Gasteiger partial charge < -0.3 is 10.1 Å². The van der Waals surface area contributed by atoms with Gasteiger partial charge in [-0.05, 0) is 30.3 Å². The van der Waals surface area contributed by atoms with Gasteiger partial charge >= 0.3 is 0 Å². The summed E-state index contributed by atoms with van der Waals surface area (Å²) < 4.78 is 1.64. The molecule has 21 heavy (non-hydrogen) atoms. The molecule has 6 heteroatoms. The number of hydrogen-bond acceptors (Lipinski definition) is 4. The molecule has 4 rings (SSSR count). The Kier molecular flexibility index (Phi) is 2.23. The van der Waals surface area contributed by atoms with Gasteiger partial charge in [0.15, 0.2) is 11.5 Å². The highest BCUT2D eigenvalue weighted by Crippen LogP contribution is 2.35. The number of rotatable bonds is 1. The minimum absolute atomic E-state index is 0.00371. The Labute approximate surface area is 118 Å². The smallest absolute Gasteiger partial charge is 0.200 e. The van der Waals surface area contributed by atoms with Crippen molar-refractivity contribution >= 4 is 16.6 Å². The number of pyridine rings is 1. The zero-order valence-electron chi connectivity index (χ0n) is 10.8. The highest BCUT2D eigenvalue weighted by molar-refractivity contribution is 5.98. The van der Waals surface area contributed by atoms with Crippen LogP contribution < -0.4 is 0 Å². The Hall–Kier alpha value is -3.33. The zero-order chi connectivity index (χ0) is 14.4. The first-order valence-corrected chi connectivity index (χ1v) is 6.33. The molecule has 0 atom stereocenters. The summed E-state index contributed by atoms with van der Waals surface area (Å²) in [4.78, 5) is 7.29. The van der Waals surface area contributed by atoms with Crippen LogP contribution in [-0.4, -0.2) is 24.7 Å². The van der Waals surface area contributed by atoms with Crippen LogP contribution in [0.2, 0.25) is 0 Å². The molecule has 6 nitrogen and oxygen atoms in total. The lowest BCUT2D eigenvalue weighted by atomic mass is 10.1. The van der Waals surface area contributed by atoms with Crippen molar-refractivity contribution in [2.45, 2.75) is 0 Å². The first kappa shape index (κ1) is 11.5. The van der Waals surface area contributed by atoms with E-state index in [2.05, 4.69) is 21.1 Å². The van der Waals surface area contributed by atoms with Gasteiger partial charge in [-0.15, -0.1) is 5.10 Å². The minimum atomic E-state index is -0.00371. The van der Waals surface area contributed by atoms with Gasteiger partial charge in [0.2, 0.25) is 5.88 Å². The number of fused-ring (bicyclic) bond motifs is 2. The topological polar surface area (TPSA) is 90.0 Å². The van der Waals surface area contributed by atoms with Gasteiger partial charge in [0.1, 0.15) is 0 Å². The number of nitriles is 1. The second kappa shape index (κ2) is 4.08. The van der Waals surface area contributed by atoms with E-state index in [0.29, 0.717) is 22.6 Å². The van der Waals surface area contributed by atoms with Crippen LogP contribution in [0.15, 0.2) is 42.6 Å². The molecule has 0 aliphatic rings. The summed E-state index contributed by atoms with van der Waals surface area (Å²) in [5.41, 5.74) is 2.45. The van der Waals surface area contributed by atoms with Crippen LogP contribution in [0.3, 0.4) is 0 Å². The van der Waals surface area contributed by atoms with E-state index in [-0.39, 0.29) is 5.88 Å². The van der Waals surface area contributed by atoms with Gasteiger partial charge in [-0.1, -0.05) is 6.07 Å². The van der Waals surface area contributed by atoms with Crippen molar-refractivity contribution in [3.63, 3.8) is 0 Å². The van der Waals surface area contributed by atoms with E-state index >= 15 is 0 Å². The molecule has 0 bridgehead atoms. The fourth-order valence-corrected chi connectivity index (χ4v) is 2.41. The maximum atomic E-state index is 10.1. The molecule has 1 aromatic carbocycles. The van der Waals surface area contributed by atoms with E-state index in [4.69, 9.17) is 5.26 Å². The summed E-state index contributed by atoms with van der Waals surface area (Å²) >= 11 is 0. The molecule has 0 amide bonds. The SMILES string of the molecule is N#Cc1ccc2[nH]c(O)c(-c3nc4ccccn4n3)c2c1. The van der Waals surface area contributed by atoms with Crippen LogP contribution >= 0.6 is 0 Å². The number of aromatic nitrogens is 4. The van der Waals surface area contributed by atoms with Crippen molar-refractivity contribution in [3.05, 3.63) is 48.2 Å². The van der Waals surface area contributed by atoms with Gasteiger partial charge in [0, 0.05) is 17.1 Å². The number of nitrogens with one attached hydrogen (secondary N) is 1. The quantitative estimate of drug-likeness (QED) is 0.558. The molecule has 0 radical (unpaired) electrons. The van der Waals surface area contributed by atoms with E-state index in [1.165, 1.54) is 0 Å². The van der Waals surface area contributed by atoms with E-state index in [9.17, 15) is 5.11 Å². The predicted octanol–water partition coefficient (Wildman–Crippen LogP) is 2.45. The van der Waals surface area contributed by atoms with E-state index < -0.39 is 0 Å². The zero-order valence-corrected chi connectivity index (χ0v) is 10.8. The number of benzene rings is 1. The number of hydrogen-bond donors (Lipinski definition) is 2. The van der Waals surface area contributed by atoms with Crippen LogP contribution in [0.25, 0.3) is 27.9 Å². The summed E-state index contributed by atoms with van der Waals surface area (Å²) in [7, 11) is 0. The number of aromatic hydroxyl groups is 1. The van der Waals surface area contributed by atoms with Gasteiger partial charge in [-0.3, -0.25) is 0 Å². The van der Waals surface area contributed by atoms with Gasteiger partial charge in [-0.25, -0.2) is 9.50 Å². The normalized spacial score (nSPS) is 11.0. The number of aromatic amines is 1. The van der Waals surface area contributed by atoms with Gasteiger partial charge in [0.25, 0.3) is 0 Å². The van der Waals surface area contributed by atoms with Crippen molar-refractivity contribution in [3.8, 4) is 23.3 Å². The molecule has 100 valence electrons. The molecule has 2 N–H and O–H groups in total. The molecule has 0 spiro atoms. The Morgan fingerprint density at radius 3 is 2.95 bits per heavy atom. The van der Waals surface area contributed by atoms with Crippen LogP contribution in [0.1, 0.15) is 5.56 Å². The van der Waals surface area contributed by atoms with Crippen molar-refractivity contribution in [2.24, 2.45) is 0 Å². The lowest BCUT2D eigenvalue weighted by Crippen LogP contribution is -1.85. The second-order valence-corrected chi connectivity index (χ2v) is 4.66. The number of nitrogens with zero attached hydrogens (tertiary/aromatic N) is 4. The summed E-state index contributed by atoms with van der Waals surface area (Å²) in [6.07, 6.45) is 1.79. The van der Waals surface area contributed by atoms with Crippen LogP contribution in [0.5, 0.6) is 5.88 Å². The molecule has 0 saturated carbocycles. The first-order chi connectivity index (χ1) is 10.3. The molecule has 0 saturated heterocycles. The molecule has 0 aliphatic carbocycles. The van der Waals surface area contributed by atoms with E-state index in [1.54, 1.807) is 28.9 Å². The predicted molar refractivity (Wildman–Crippen MR) is 76.7 cm³/mol. The van der Waals surface area contributed by atoms with Crippen LogP contribution in [0.4, 0.5) is 0 Å². The lowest BCUT2D eigenvalue weighted by Gasteiger charge is -1.94. The summed E-state index contributed by atoms with van der Waals surface area (Å²) in [5.74, 6) is 0.413. The minimum Gasteiger partial charge on any atom is -0.494 e. The Balaban J connectivity index is 2.04. The fraction of sp³-hybridized carbons (Fsp3) is 0. The van der Waals surface area contributed by atoms with Crippen LogP contribution in [0, 0.1) is 11.3 Å². The fourth-order valence-electron chi connectivity index (χ4n) is 2.41. The second-order valence-electron chi connectivity index (χ2n) is 4.66. The Morgan fingerprint density at radius 1 is 1.24 bits per heavy atom. The van der Waals surface area contributed by atoms with E-state index in [1.807, 2.05) is 18.2 Å². The Morgan fingerprint density at radius 2 is 2.14 bits per heavy atom. The lowest BCUT2D eigenvalue weighted by molar-refractivity contribution is 0.460. The highest BCUT2D eigenvalue weighted by atomic mass is 16.3. The maximum absolute atomic E-state index is 10.1. The third-order valence-corrected chi connectivity index (χ3v) is 3.37. The maximum Gasteiger partial charge on any atom is 0.200 e. The summed E-state index contributed by atoms with van der Waals surface area (Å²) in [6.45, 7) is 0. The van der Waals surface area contributed by atoms with Crippen molar-refractivity contribution < 1.29 is 5.11 Å². The summed E-state index contributed by atoms with van der Waals surface area (Å²) in [5, 5.41) is 24.3. The molecule has 0 unspecified atom stereocenters. The van der Waals surface area contributed by atoms with Crippen molar-refractivity contribution in [1.29, 1.82) is 5.26 Å². The molecular weight excluding hydrogens is 266 g/mol. The third kappa shape index (κ3) is 1.65. The molecule has 0 fully saturated rings. The first-order valence-electron chi connectivity index (χ1n) is 6.33. The van der Waals surface area contributed by atoms with E-state index in [0.717, 1.165) is 10.9 Å². The third-order valence-electron chi connectivity index (χ3n) is 3.37. The average Bonchev–Trinajstić information content (AvgIpc) is 3.05. The molecule has 0 aliphatic heterocycles.